The molecule has 31 heavy (non-hydrogen) atoms. The number of hydrogen-bond donors (Lipinski definition) is 0. The van der Waals surface area contributed by atoms with Gasteiger partial charge < -0.3 is 0 Å². The minimum absolute atomic E-state index is 0.0355. The van der Waals surface area contributed by atoms with Crippen LogP contribution < -0.4 is 4.90 Å². The molecule has 0 aliphatic rings. The molecule has 4 rings (SSSR count). The summed E-state index contributed by atoms with van der Waals surface area (Å²) in [5.74, 6) is 0.335. The molecule has 0 fully saturated rings. The predicted octanol–water partition coefficient (Wildman–Crippen LogP) is 5.89. The van der Waals surface area contributed by atoms with Crippen molar-refractivity contribution in [2.24, 2.45) is 0 Å². The van der Waals surface area contributed by atoms with Gasteiger partial charge in [0.25, 0.3) is 5.91 Å². The highest BCUT2D eigenvalue weighted by Crippen LogP contribution is 2.34. The van der Waals surface area contributed by atoms with Crippen molar-refractivity contribution in [3.8, 4) is 0 Å². The minimum Gasteiger partial charge on any atom is -0.282 e. The molecule has 2 aromatic heterocycles. The van der Waals surface area contributed by atoms with Crippen LogP contribution in [0.15, 0.2) is 48.5 Å². The number of benzene rings is 2. The topological polar surface area (TPSA) is 51.0 Å². The number of para-hydroxylation sites is 1. The van der Waals surface area contributed by atoms with Crippen LogP contribution in [-0.4, -0.2) is 27.2 Å². The molecule has 5 nitrogen and oxygen atoms in total. The third-order valence-electron chi connectivity index (χ3n) is 5.47. The first kappa shape index (κ1) is 21.2. The van der Waals surface area contributed by atoms with Crippen LogP contribution in [0.5, 0.6) is 0 Å². The lowest BCUT2D eigenvalue weighted by atomic mass is 10.0. The molecule has 0 saturated heterocycles. The van der Waals surface area contributed by atoms with Crippen LogP contribution in [0.2, 0.25) is 0 Å². The fourth-order valence-corrected chi connectivity index (χ4v) is 4.80. The molecule has 2 heterocycles. The Morgan fingerprint density at radius 3 is 2.48 bits per heavy atom. The van der Waals surface area contributed by atoms with Gasteiger partial charge in [-0.1, -0.05) is 55.0 Å². The SMILES string of the molecule is Cc1ccc(C(=O)N(CCn2nc(C)cc2C)c2nc3c(C(C)C)cccc3s2)cc1. The second kappa shape index (κ2) is 8.63. The molecule has 6 heteroatoms. The normalized spacial score (nSPS) is 11.4. The van der Waals surface area contributed by atoms with E-state index in [-0.39, 0.29) is 5.91 Å². The van der Waals surface area contributed by atoms with E-state index in [9.17, 15) is 4.79 Å². The van der Waals surface area contributed by atoms with Crippen molar-refractivity contribution in [1.29, 1.82) is 0 Å². The van der Waals surface area contributed by atoms with Gasteiger partial charge in [-0.3, -0.25) is 14.4 Å². The number of thiazole rings is 1. The van der Waals surface area contributed by atoms with Crippen LogP contribution in [-0.2, 0) is 6.54 Å². The van der Waals surface area contributed by atoms with E-state index in [1.807, 2.05) is 49.7 Å². The van der Waals surface area contributed by atoms with Gasteiger partial charge in [0.05, 0.1) is 22.5 Å². The number of nitrogens with zero attached hydrogens (tertiary/aromatic N) is 4. The fraction of sp³-hybridized carbons (Fsp3) is 0.320. The first-order chi connectivity index (χ1) is 14.8. The van der Waals surface area contributed by atoms with Crippen LogP contribution in [0.4, 0.5) is 5.13 Å². The molecule has 160 valence electrons. The first-order valence-corrected chi connectivity index (χ1v) is 11.4. The van der Waals surface area contributed by atoms with Crippen LogP contribution in [0.1, 0.15) is 52.6 Å². The maximum atomic E-state index is 13.5. The Hall–Kier alpha value is -2.99. The Morgan fingerprint density at radius 2 is 1.84 bits per heavy atom. The highest BCUT2D eigenvalue weighted by Gasteiger charge is 2.22. The molecular weight excluding hydrogens is 404 g/mol. The van der Waals surface area contributed by atoms with E-state index >= 15 is 0 Å². The van der Waals surface area contributed by atoms with Crippen molar-refractivity contribution < 1.29 is 4.79 Å². The molecule has 2 aromatic carbocycles. The van der Waals surface area contributed by atoms with Crippen molar-refractivity contribution >= 4 is 32.6 Å². The van der Waals surface area contributed by atoms with Gasteiger partial charge in [0.15, 0.2) is 5.13 Å². The molecular formula is C25H28N4OS. The summed E-state index contributed by atoms with van der Waals surface area (Å²) in [6.45, 7) is 11.5. The van der Waals surface area contributed by atoms with E-state index in [2.05, 4.69) is 43.2 Å². The Kier molecular flexibility index (Phi) is 5.92. The third kappa shape index (κ3) is 4.39. The number of amides is 1. The molecule has 4 aromatic rings. The lowest BCUT2D eigenvalue weighted by molar-refractivity contribution is 0.0985. The Morgan fingerprint density at radius 1 is 1.10 bits per heavy atom. The summed E-state index contributed by atoms with van der Waals surface area (Å²) in [6.07, 6.45) is 0. The average Bonchev–Trinajstić information content (AvgIpc) is 3.30. The fourth-order valence-electron chi connectivity index (χ4n) is 3.77. The smallest absolute Gasteiger partial charge is 0.260 e. The Bertz CT molecular complexity index is 1220. The highest BCUT2D eigenvalue weighted by molar-refractivity contribution is 7.22. The van der Waals surface area contributed by atoms with E-state index in [0.717, 1.165) is 32.3 Å². The number of anilines is 1. The maximum absolute atomic E-state index is 13.5. The van der Waals surface area contributed by atoms with Gasteiger partial charge in [-0.15, -0.1) is 0 Å². The molecule has 0 N–H and O–H groups in total. The lowest BCUT2D eigenvalue weighted by Crippen LogP contribution is -2.34. The second-order valence-corrected chi connectivity index (χ2v) is 9.33. The third-order valence-corrected chi connectivity index (χ3v) is 6.52. The van der Waals surface area contributed by atoms with Crippen molar-refractivity contribution in [3.05, 3.63) is 76.6 Å². The van der Waals surface area contributed by atoms with E-state index in [1.165, 1.54) is 5.56 Å². The van der Waals surface area contributed by atoms with Crippen LogP contribution in [0, 0.1) is 20.8 Å². The molecule has 1 amide bonds. The summed E-state index contributed by atoms with van der Waals surface area (Å²) in [5.41, 5.74) is 6.07. The lowest BCUT2D eigenvalue weighted by Gasteiger charge is -2.20. The number of carbonyl (C=O) groups excluding carboxylic acids is 1. The van der Waals surface area contributed by atoms with Gasteiger partial charge >= 0.3 is 0 Å². The van der Waals surface area contributed by atoms with Crippen molar-refractivity contribution in [1.82, 2.24) is 14.8 Å². The quantitative estimate of drug-likeness (QED) is 0.382. The van der Waals surface area contributed by atoms with Crippen LogP contribution in [0.3, 0.4) is 0 Å². The van der Waals surface area contributed by atoms with Crippen LogP contribution >= 0.6 is 11.3 Å². The number of carbonyl (C=O) groups is 1. The van der Waals surface area contributed by atoms with Crippen molar-refractivity contribution in [2.45, 2.75) is 47.1 Å². The second-order valence-electron chi connectivity index (χ2n) is 8.32. The molecule has 0 bridgehead atoms. The summed E-state index contributed by atoms with van der Waals surface area (Å²) >= 11 is 1.57. The van der Waals surface area contributed by atoms with E-state index < -0.39 is 0 Å². The molecule has 0 aliphatic heterocycles. The first-order valence-electron chi connectivity index (χ1n) is 10.6. The monoisotopic (exact) mass is 432 g/mol. The summed E-state index contributed by atoms with van der Waals surface area (Å²) < 4.78 is 3.06. The summed E-state index contributed by atoms with van der Waals surface area (Å²) in [6, 6.07) is 16.1. The number of aryl methyl sites for hydroxylation is 3. The zero-order valence-electron chi connectivity index (χ0n) is 18.7. The molecule has 0 saturated carbocycles. The minimum atomic E-state index is -0.0355. The van der Waals surface area contributed by atoms with Crippen molar-refractivity contribution in [3.63, 3.8) is 0 Å². The number of rotatable bonds is 6. The zero-order chi connectivity index (χ0) is 22.1. The maximum Gasteiger partial charge on any atom is 0.260 e. The van der Waals surface area contributed by atoms with Gasteiger partial charge in [-0.25, -0.2) is 4.98 Å². The van der Waals surface area contributed by atoms with E-state index in [0.29, 0.717) is 24.6 Å². The van der Waals surface area contributed by atoms with Gasteiger partial charge in [-0.05, 0) is 56.5 Å². The van der Waals surface area contributed by atoms with Gasteiger partial charge in [0.1, 0.15) is 0 Å². The average molecular weight is 433 g/mol. The van der Waals surface area contributed by atoms with Crippen LogP contribution in [0.25, 0.3) is 10.2 Å². The van der Waals surface area contributed by atoms with Gasteiger partial charge in [-0.2, -0.15) is 5.10 Å². The largest absolute Gasteiger partial charge is 0.282 e. The summed E-state index contributed by atoms with van der Waals surface area (Å²) in [4.78, 5) is 20.3. The molecule has 0 unspecified atom stereocenters. The molecule has 0 aliphatic carbocycles. The van der Waals surface area contributed by atoms with E-state index in [1.54, 1.807) is 16.2 Å². The highest BCUT2D eigenvalue weighted by atomic mass is 32.1. The summed E-state index contributed by atoms with van der Waals surface area (Å²) in [7, 11) is 0. The standard InChI is InChI=1S/C25H28N4OS/c1-16(2)21-7-6-8-22-23(21)26-25(31-22)28(13-14-29-19(5)15-18(4)27-29)24(30)20-11-9-17(3)10-12-20/h6-12,15-16H,13-14H2,1-5H3. The molecule has 0 spiro atoms. The Labute approximate surface area is 187 Å². The Balaban J connectivity index is 1.73. The number of fused-ring (bicyclic) bond motifs is 1. The number of hydrogen-bond acceptors (Lipinski definition) is 4. The van der Waals surface area contributed by atoms with Crippen molar-refractivity contribution in [2.75, 3.05) is 11.4 Å². The van der Waals surface area contributed by atoms with Gasteiger partial charge in [0.2, 0.25) is 0 Å². The predicted molar refractivity (Wildman–Crippen MR) is 128 cm³/mol. The molecule has 0 atom stereocenters. The number of aromatic nitrogens is 3. The van der Waals surface area contributed by atoms with E-state index in [4.69, 9.17) is 4.98 Å². The van der Waals surface area contributed by atoms with Gasteiger partial charge in [0, 0.05) is 17.8 Å². The molecule has 0 radical (unpaired) electrons. The summed E-state index contributed by atoms with van der Waals surface area (Å²) in [5, 5.41) is 5.29. The zero-order valence-corrected chi connectivity index (χ0v) is 19.5.